The Bertz CT molecular complexity index is 446. The monoisotopic (exact) mass is 232 g/mol. The molecule has 1 rings (SSSR count). The summed E-state index contributed by atoms with van der Waals surface area (Å²) in [7, 11) is 1.45. The zero-order valence-corrected chi connectivity index (χ0v) is 9.97. The molecule has 0 atom stereocenters. The minimum Gasteiger partial charge on any atom is -0.486 e. The van der Waals surface area contributed by atoms with Crippen molar-refractivity contribution in [3.8, 4) is 6.07 Å². The molecule has 0 heterocycles. The molecule has 1 aromatic carbocycles. The van der Waals surface area contributed by atoms with Gasteiger partial charge in [0.25, 0.3) is 0 Å². The number of para-hydroxylation sites is 1. The van der Waals surface area contributed by atoms with E-state index in [0.717, 1.165) is 5.69 Å². The molecule has 0 aliphatic heterocycles. The van der Waals surface area contributed by atoms with Crippen LogP contribution in [0.15, 0.2) is 41.6 Å². The van der Waals surface area contributed by atoms with E-state index in [2.05, 4.69) is 5.32 Å². The molecule has 1 N–H and O–H groups in total. The third-order valence-corrected chi connectivity index (χ3v) is 2.35. The maximum absolute atomic E-state index is 8.96. The van der Waals surface area contributed by atoms with Gasteiger partial charge in [-0.15, -0.1) is 0 Å². The van der Waals surface area contributed by atoms with Gasteiger partial charge in [-0.05, 0) is 31.3 Å². The highest BCUT2D eigenvalue weighted by Crippen LogP contribution is 2.12. The first-order valence-corrected chi connectivity index (χ1v) is 5.11. The van der Waals surface area contributed by atoms with Crippen LogP contribution in [0.5, 0.6) is 0 Å². The number of nitrogens with one attached hydrogen (secondary N) is 1. The van der Waals surface area contributed by atoms with Gasteiger partial charge in [0.1, 0.15) is 11.6 Å². The normalized spacial score (nSPS) is 11.1. The number of thiocarbonyl (C=S) groups is 1. The van der Waals surface area contributed by atoms with E-state index in [1.807, 2.05) is 36.4 Å². The van der Waals surface area contributed by atoms with E-state index in [0.29, 0.717) is 11.3 Å². The third-order valence-electron chi connectivity index (χ3n) is 1.98. The summed E-state index contributed by atoms with van der Waals surface area (Å²) in [5, 5.41) is 12.3. The van der Waals surface area contributed by atoms with Crippen LogP contribution in [0.2, 0.25) is 0 Å². The number of nitriles is 1. The molecular weight excluding hydrogens is 220 g/mol. The summed E-state index contributed by atoms with van der Waals surface area (Å²) < 4.78 is 4.87. The first-order valence-electron chi connectivity index (χ1n) is 4.70. The van der Waals surface area contributed by atoms with Gasteiger partial charge in [0, 0.05) is 11.4 Å². The molecule has 3 nitrogen and oxygen atoms in total. The minimum absolute atomic E-state index is 0.198. The summed E-state index contributed by atoms with van der Waals surface area (Å²) in [5.74, 6) is 0. The smallest absolute Gasteiger partial charge is 0.203 e. The second kappa shape index (κ2) is 5.89. The molecule has 82 valence electrons. The topological polar surface area (TPSA) is 45.0 Å². The number of benzene rings is 1. The number of ether oxygens (including phenoxy) is 1. The maximum atomic E-state index is 8.96. The van der Waals surface area contributed by atoms with Crippen LogP contribution in [0, 0.1) is 11.3 Å². The zero-order chi connectivity index (χ0) is 12.0. The fraction of sp³-hybridized carbons (Fsp3) is 0.167. The van der Waals surface area contributed by atoms with Crippen molar-refractivity contribution < 1.29 is 4.74 Å². The predicted octanol–water partition coefficient (Wildman–Crippen LogP) is 2.87. The Balaban J connectivity index is 2.92. The molecule has 16 heavy (non-hydrogen) atoms. The van der Waals surface area contributed by atoms with Gasteiger partial charge in [-0.3, -0.25) is 0 Å². The van der Waals surface area contributed by atoms with Crippen molar-refractivity contribution in [3.63, 3.8) is 0 Å². The summed E-state index contributed by atoms with van der Waals surface area (Å²) in [6.07, 6.45) is 0. The number of anilines is 1. The van der Waals surface area contributed by atoms with Crippen LogP contribution < -0.4 is 5.32 Å². The van der Waals surface area contributed by atoms with Crippen molar-refractivity contribution in [2.75, 3.05) is 12.4 Å². The van der Waals surface area contributed by atoms with Crippen LogP contribution in [0.25, 0.3) is 0 Å². The Morgan fingerprint density at radius 2 is 2.00 bits per heavy atom. The highest BCUT2D eigenvalue weighted by atomic mass is 32.1. The first kappa shape index (κ1) is 12.2. The van der Waals surface area contributed by atoms with Gasteiger partial charge in [-0.25, -0.2) is 0 Å². The van der Waals surface area contributed by atoms with Crippen LogP contribution >= 0.6 is 12.2 Å². The lowest BCUT2D eigenvalue weighted by atomic mass is 10.2. The van der Waals surface area contributed by atoms with E-state index in [-0.39, 0.29) is 5.05 Å². The number of hydrogen-bond donors (Lipinski definition) is 1. The van der Waals surface area contributed by atoms with E-state index >= 15 is 0 Å². The van der Waals surface area contributed by atoms with E-state index in [9.17, 15) is 0 Å². The molecule has 0 saturated carbocycles. The van der Waals surface area contributed by atoms with Crippen molar-refractivity contribution in [2.24, 2.45) is 0 Å². The maximum Gasteiger partial charge on any atom is 0.203 e. The molecule has 0 aromatic heterocycles. The Kier molecular flexibility index (Phi) is 4.49. The highest BCUT2D eigenvalue weighted by molar-refractivity contribution is 7.80. The molecule has 0 saturated heterocycles. The van der Waals surface area contributed by atoms with Crippen LogP contribution in [0.3, 0.4) is 0 Å². The van der Waals surface area contributed by atoms with Gasteiger partial charge in [0.2, 0.25) is 5.05 Å². The molecule has 0 unspecified atom stereocenters. The number of hydrogen-bond acceptors (Lipinski definition) is 4. The molecule has 0 spiro atoms. The lowest BCUT2D eigenvalue weighted by molar-refractivity contribution is 0.415. The average molecular weight is 232 g/mol. The third kappa shape index (κ3) is 3.07. The average Bonchev–Trinajstić information content (AvgIpc) is 2.31. The van der Waals surface area contributed by atoms with Crippen LogP contribution in [0.4, 0.5) is 5.69 Å². The Hall–Kier alpha value is -1.86. The first-order chi connectivity index (χ1) is 7.69. The van der Waals surface area contributed by atoms with Gasteiger partial charge >= 0.3 is 0 Å². The van der Waals surface area contributed by atoms with E-state index in [4.69, 9.17) is 22.2 Å². The Morgan fingerprint density at radius 1 is 1.38 bits per heavy atom. The second-order valence-electron chi connectivity index (χ2n) is 3.09. The molecule has 0 amide bonds. The quantitative estimate of drug-likeness (QED) is 0.494. The fourth-order valence-electron chi connectivity index (χ4n) is 1.19. The lowest BCUT2D eigenvalue weighted by Gasteiger charge is -2.09. The van der Waals surface area contributed by atoms with Crippen molar-refractivity contribution >= 4 is 23.0 Å². The van der Waals surface area contributed by atoms with Gasteiger partial charge in [-0.1, -0.05) is 18.2 Å². The molecule has 1 aromatic rings. The van der Waals surface area contributed by atoms with Gasteiger partial charge in [0.15, 0.2) is 0 Å². The van der Waals surface area contributed by atoms with Gasteiger partial charge in [0.05, 0.1) is 7.11 Å². The molecule has 4 heteroatoms. The summed E-state index contributed by atoms with van der Waals surface area (Å²) in [4.78, 5) is 0. The van der Waals surface area contributed by atoms with E-state index in [1.54, 1.807) is 6.92 Å². The van der Waals surface area contributed by atoms with E-state index < -0.39 is 0 Å². The molecule has 0 radical (unpaired) electrons. The molecule has 0 fully saturated rings. The predicted molar refractivity (Wildman–Crippen MR) is 68.0 cm³/mol. The number of nitrogens with zero attached hydrogens (tertiary/aromatic N) is 1. The van der Waals surface area contributed by atoms with Crippen molar-refractivity contribution in [1.82, 2.24) is 0 Å². The highest BCUT2D eigenvalue weighted by Gasteiger charge is 2.08. The Morgan fingerprint density at radius 3 is 2.50 bits per heavy atom. The van der Waals surface area contributed by atoms with Gasteiger partial charge < -0.3 is 10.1 Å². The van der Waals surface area contributed by atoms with Gasteiger partial charge in [-0.2, -0.15) is 5.26 Å². The van der Waals surface area contributed by atoms with Crippen molar-refractivity contribution in [1.29, 1.82) is 5.26 Å². The van der Waals surface area contributed by atoms with Crippen molar-refractivity contribution in [3.05, 3.63) is 41.6 Å². The Labute approximate surface area is 100 Å². The largest absolute Gasteiger partial charge is 0.486 e. The molecule has 0 aliphatic rings. The molecular formula is C12H12N2OS. The second-order valence-corrected chi connectivity index (χ2v) is 3.47. The van der Waals surface area contributed by atoms with Crippen LogP contribution in [0.1, 0.15) is 6.92 Å². The van der Waals surface area contributed by atoms with Crippen LogP contribution in [-0.2, 0) is 4.74 Å². The number of methoxy groups -OCH3 is 1. The minimum atomic E-state index is 0.198. The fourth-order valence-corrected chi connectivity index (χ4v) is 1.38. The van der Waals surface area contributed by atoms with Crippen molar-refractivity contribution in [2.45, 2.75) is 6.92 Å². The summed E-state index contributed by atoms with van der Waals surface area (Å²) >= 11 is 4.93. The van der Waals surface area contributed by atoms with E-state index in [1.165, 1.54) is 7.11 Å². The number of allylic oxidation sites excluding steroid dienone is 1. The SMILES string of the molecule is COC(=S)C(C#N)=C(C)Nc1ccccc1. The van der Waals surface area contributed by atoms with Crippen LogP contribution in [-0.4, -0.2) is 12.2 Å². The molecule has 0 bridgehead atoms. The standard InChI is InChI=1S/C12H12N2OS/c1-9(11(8-13)12(16)15-2)14-10-6-4-3-5-7-10/h3-7,14H,1-2H3. The molecule has 0 aliphatic carbocycles. The summed E-state index contributed by atoms with van der Waals surface area (Å²) in [5.41, 5.74) is 1.94. The lowest BCUT2D eigenvalue weighted by Crippen LogP contribution is -2.07. The zero-order valence-electron chi connectivity index (χ0n) is 9.15. The summed E-state index contributed by atoms with van der Waals surface area (Å²) in [6, 6.07) is 11.6. The number of rotatable bonds is 3. The summed E-state index contributed by atoms with van der Waals surface area (Å²) in [6.45, 7) is 1.79.